The van der Waals surface area contributed by atoms with E-state index in [9.17, 15) is 9.59 Å². The van der Waals surface area contributed by atoms with Gasteiger partial charge in [-0.05, 0) is 31.9 Å². The minimum Gasteiger partial charge on any atom is -0.461 e. The normalized spacial score (nSPS) is 14.9. The van der Waals surface area contributed by atoms with Gasteiger partial charge in [-0.2, -0.15) is 4.98 Å². The van der Waals surface area contributed by atoms with Crippen LogP contribution in [0.4, 0.5) is 5.82 Å². The second-order valence-electron chi connectivity index (χ2n) is 6.96. The highest BCUT2D eigenvalue weighted by Crippen LogP contribution is 2.21. The van der Waals surface area contributed by atoms with Crippen molar-refractivity contribution in [2.75, 3.05) is 18.4 Å². The average molecular weight is 399 g/mol. The number of amides is 2. The number of nitrogens with one attached hydrogen (secondary N) is 1. The van der Waals surface area contributed by atoms with Crippen LogP contribution in [0.15, 0.2) is 37.9 Å². The Morgan fingerprint density at radius 3 is 2.76 bits per heavy atom. The van der Waals surface area contributed by atoms with Crippen LogP contribution in [0.1, 0.15) is 30.9 Å². The molecule has 0 atom stereocenters. The van der Waals surface area contributed by atoms with Crippen LogP contribution in [-0.2, 0) is 16.0 Å². The number of furan rings is 1. The van der Waals surface area contributed by atoms with E-state index in [2.05, 4.69) is 20.6 Å². The largest absolute Gasteiger partial charge is 0.461 e. The highest BCUT2D eigenvalue weighted by Gasteiger charge is 2.28. The van der Waals surface area contributed by atoms with Gasteiger partial charge in [0.2, 0.25) is 23.5 Å². The van der Waals surface area contributed by atoms with Crippen molar-refractivity contribution >= 4 is 17.6 Å². The summed E-state index contributed by atoms with van der Waals surface area (Å²) in [6.45, 7) is 2.84. The lowest BCUT2D eigenvalue weighted by atomic mass is 9.95. The molecule has 0 bridgehead atoms. The minimum atomic E-state index is -0.150. The lowest BCUT2D eigenvalue weighted by Crippen LogP contribution is -2.41. The molecule has 10 nitrogen and oxygen atoms in total. The summed E-state index contributed by atoms with van der Waals surface area (Å²) in [5, 5.41) is 10.4. The Balaban J connectivity index is 1.22. The topological polar surface area (TPSA) is 128 Å². The molecular formula is C19H21N5O5. The fraction of sp³-hybridized carbons (Fsp3) is 0.421. The maximum absolute atomic E-state index is 12.5. The van der Waals surface area contributed by atoms with E-state index in [0.717, 1.165) is 0 Å². The number of hydrogen-bond acceptors (Lipinski definition) is 8. The molecule has 0 saturated carbocycles. The van der Waals surface area contributed by atoms with Crippen LogP contribution < -0.4 is 5.32 Å². The van der Waals surface area contributed by atoms with Crippen LogP contribution in [0.3, 0.4) is 0 Å². The molecule has 4 heterocycles. The van der Waals surface area contributed by atoms with Gasteiger partial charge in [-0.1, -0.05) is 10.3 Å². The van der Waals surface area contributed by atoms with Crippen molar-refractivity contribution in [2.24, 2.45) is 5.92 Å². The molecule has 1 aliphatic rings. The lowest BCUT2D eigenvalue weighted by molar-refractivity contribution is -0.134. The molecule has 1 N–H and O–H groups in total. The zero-order valence-corrected chi connectivity index (χ0v) is 16.0. The summed E-state index contributed by atoms with van der Waals surface area (Å²) in [6.07, 6.45) is 3.38. The smallest absolute Gasteiger partial charge is 0.238 e. The summed E-state index contributed by atoms with van der Waals surface area (Å²) in [5.41, 5.74) is 0. The van der Waals surface area contributed by atoms with Crippen LogP contribution in [0, 0.1) is 12.8 Å². The maximum atomic E-state index is 12.5. The SMILES string of the molecule is Cc1cc(NC(=O)C2CCN(C(=O)CCc3nc(-c4ccco4)no3)CC2)no1. The van der Waals surface area contributed by atoms with Crippen LogP contribution >= 0.6 is 0 Å². The lowest BCUT2D eigenvalue weighted by Gasteiger charge is -2.31. The second-order valence-corrected chi connectivity index (χ2v) is 6.96. The molecule has 152 valence electrons. The molecule has 3 aromatic rings. The summed E-state index contributed by atoms with van der Waals surface area (Å²) in [5.74, 6) is 2.09. The highest BCUT2D eigenvalue weighted by molar-refractivity contribution is 5.91. The third kappa shape index (κ3) is 4.53. The number of carbonyl (C=O) groups excluding carboxylic acids is 2. The van der Waals surface area contributed by atoms with Gasteiger partial charge < -0.3 is 23.7 Å². The molecule has 0 aliphatic carbocycles. The Morgan fingerprint density at radius 1 is 1.24 bits per heavy atom. The van der Waals surface area contributed by atoms with Crippen molar-refractivity contribution in [3.63, 3.8) is 0 Å². The fourth-order valence-corrected chi connectivity index (χ4v) is 3.28. The second kappa shape index (κ2) is 8.29. The average Bonchev–Trinajstić information content (AvgIpc) is 3.48. The van der Waals surface area contributed by atoms with Crippen LogP contribution in [0.5, 0.6) is 0 Å². The predicted octanol–water partition coefficient (Wildman–Crippen LogP) is 2.44. The van der Waals surface area contributed by atoms with Crippen LogP contribution in [0.25, 0.3) is 11.6 Å². The van der Waals surface area contributed by atoms with E-state index >= 15 is 0 Å². The van der Waals surface area contributed by atoms with E-state index in [-0.39, 0.29) is 24.2 Å². The summed E-state index contributed by atoms with van der Waals surface area (Å²) in [7, 11) is 0. The molecule has 0 spiro atoms. The molecule has 0 unspecified atom stereocenters. The number of nitrogens with zero attached hydrogens (tertiary/aromatic N) is 4. The van der Waals surface area contributed by atoms with Crippen molar-refractivity contribution in [3.8, 4) is 11.6 Å². The van der Waals surface area contributed by atoms with E-state index in [0.29, 0.717) is 61.4 Å². The molecule has 1 saturated heterocycles. The number of likely N-dealkylation sites (tertiary alicyclic amines) is 1. The zero-order chi connectivity index (χ0) is 20.2. The Labute approximate surface area is 166 Å². The predicted molar refractivity (Wildman–Crippen MR) is 99.5 cm³/mol. The number of carbonyl (C=O) groups is 2. The third-order valence-electron chi connectivity index (χ3n) is 4.86. The summed E-state index contributed by atoms with van der Waals surface area (Å²) in [6, 6.07) is 5.15. The van der Waals surface area contributed by atoms with Crippen LogP contribution in [0.2, 0.25) is 0 Å². The first-order valence-electron chi connectivity index (χ1n) is 9.47. The van der Waals surface area contributed by atoms with E-state index in [1.165, 1.54) is 6.26 Å². The van der Waals surface area contributed by atoms with E-state index < -0.39 is 0 Å². The van der Waals surface area contributed by atoms with Gasteiger partial charge in [0.1, 0.15) is 5.76 Å². The maximum Gasteiger partial charge on any atom is 0.238 e. The molecule has 3 aromatic heterocycles. The molecule has 1 fully saturated rings. The molecule has 0 radical (unpaired) electrons. The standard InChI is InChI=1S/C19H21N5O5/c1-12-11-15(22-28-12)20-19(26)13-6-8-24(9-7-13)17(25)5-4-16-21-18(23-29-16)14-3-2-10-27-14/h2-3,10-11,13H,4-9H2,1H3,(H,20,22,26). The summed E-state index contributed by atoms with van der Waals surface area (Å²) < 4.78 is 15.3. The first-order chi connectivity index (χ1) is 14.1. The Bertz CT molecular complexity index is 969. The van der Waals surface area contributed by atoms with Gasteiger partial charge in [-0.3, -0.25) is 9.59 Å². The van der Waals surface area contributed by atoms with Crippen molar-refractivity contribution in [1.82, 2.24) is 20.2 Å². The Hall–Kier alpha value is -3.43. The Kier molecular flexibility index (Phi) is 5.41. The van der Waals surface area contributed by atoms with Gasteiger partial charge in [0, 0.05) is 37.9 Å². The molecule has 4 rings (SSSR count). The molecule has 29 heavy (non-hydrogen) atoms. The summed E-state index contributed by atoms with van der Waals surface area (Å²) >= 11 is 0. The van der Waals surface area contributed by atoms with Crippen LogP contribution in [-0.4, -0.2) is 45.1 Å². The van der Waals surface area contributed by atoms with Gasteiger partial charge in [-0.15, -0.1) is 0 Å². The van der Waals surface area contributed by atoms with E-state index in [1.807, 2.05) is 0 Å². The molecule has 10 heteroatoms. The number of piperidine rings is 1. The number of anilines is 1. The molecular weight excluding hydrogens is 378 g/mol. The highest BCUT2D eigenvalue weighted by atomic mass is 16.5. The molecule has 0 aromatic carbocycles. The van der Waals surface area contributed by atoms with E-state index in [4.69, 9.17) is 13.5 Å². The van der Waals surface area contributed by atoms with Gasteiger partial charge in [0.15, 0.2) is 11.6 Å². The van der Waals surface area contributed by atoms with Gasteiger partial charge in [0.25, 0.3) is 0 Å². The first-order valence-corrected chi connectivity index (χ1v) is 9.47. The monoisotopic (exact) mass is 399 g/mol. The van der Waals surface area contributed by atoms with Crippen molar-refractivity contribution < 1.29 is 23.1 Å². The molecule has 2 amide bonds. The first kappa shape index (κ1) is 18.9. The quantitative estimate of drug-likeness (QED) is 0.669. The number of aryl methyl sites for hydroxylation is 2. The fourth-order valence-electron chi connectivity index (χ4n) is 3.28. The number of rotatable bonds is 6. The molecule has 1 aliphatic heterocycles. The minimum absolute atomic E-state index is 0.00809. The van der Waals surface area contributed by atoms with Crippen molar-refractivity contribution in [1.29, 1.82) is 0 Å². The Morgan fingerprint density at radius 2 is 2.07 bits per heavy atom. The van der Waals surface area contributed by atoms with E-state index in [1.54, 1.807) is 30.0 Å². The zero-order valence-electron chi connectivity index (χ0n) is 16.0. The van der Waals surface area contributed by atoms with Gasteiger partial charge in [-0.25, -0.2) is 0 Å². The number of hydrogen-bond donors (Lipinski definition) is 1. The third-order valence-corrected chi connectivity index (χ3v) is 4.86. The number of aromatic nitrogens is 3. The van der Waals surface area contributed by atoms with Gasteiger partial charge in [0.05, 0.1) is 6.26 Å². The van der Waals surface area contributed by atoms with Gasteiger partial charge >= 0.3 is 0 Å². The summed E-state index contributed by atoms with van der Waals surface area (Å²) in [4.78, 5) is 30.8. The van der Waals surface area contributed by atoms with Crippen molar-refractivity contribution in [2.45, 2.75) is 32.6 Å². The van der Waals surface area contributed by atoms with Crippen molar-refractivity contribution in [3.05, 3.63) is 36.1 Å².